The van der Waals surface area contributed by atoms with Gasteiger partial charge in [0.2, 0.25) is 18.0 Å². The van der Waals surface area contributed by atoms with E-state index in [9.17, 15) is 23.2 Å². The average Bonchev–Trinajstić information content (AvgIpc) is 3.43. The number of nitrogens with one attached hydrogen (secondary N) is 2. The maximum absolute atomic E-state index is 13.9. The third kappa shape index (κ3) is 6.66. The number of nitrogens with zero attached hydrogens (tertiary/aromatic N) is 2. The third-order valence-electron chi connectivity index (χ3n) is 7.00. The maximum atomic E-state index is 13.9. The van der Waals surface area contributed by atoms with Gasteiger partial charge in [0, 0.05) is 23.8 Å². The van der Waals surface area contributed by atoms with E-state index in [0.29, 0.717) is 30.6 Å². The standard InChI is InChI=1S/C31H30F2N4O4/c1-19(34-27(38)16-20-14-22(32)17-23(33)15-20)30(39)36-29-31(40)37(18-24-10-7-13-41-24)26-12-6-5-11-25(26)28(35-29)21-8-3-2-4-9-21/h2-6,8-9,11-12,14-15,17,19,24,29H,7,10,13,16,18H2,1H3,(H,34,38)(H,36,39)/t19-,24?,29?/m0/s1. The molecule has 2 unspecified atom stereocenters. The lowest BCUT2D eigenvalue weighted by Crippen LogP contribution is -2.53. The molecule has 0 bridgehead atoms. The van der Waals surface area contributed by atoms with Crippen LogP contribution in [0.5, 0.6) is 0 Å². The molecule has 3 amide bonds. The van der Waals surface area contributed by atoms with Gasteiger partial charge in [-0.25, -0.2) is 13.8 Å². The lowest BCUT2D eigenvalue weighted by atomic mass is 10.00. The topological polar surface area (TPSA) is 100 Å². The molecule has 41 heavy (non-hydrogen) atoms. The lowest BCUT2D eigenvalue weighted by Gasteiger charge is -2.28. The van der Waals surface area contributed by atoms with E-state index in [-0.39, 0.29) is 18.1 Å². The van der Waals surface area contributed by atoms with Crippen LogP contribution >= 0.6 is 0 Å². The van der Waals surface area contributed by atoms with Gasteiger partial charge in [0.25, 0.3) is 5.91 Å². The Hall–Kier alpha value is -4.44. The second kappa shape index (κ2) is 12.4. The largest absolute Gasteiger partial charge is 0.376 e. The molecular formula is C31H30F2N4O4. The first-order valence-corrected chi connectivity index (χ1v) is 13.5. The average molecular weight is 561 g/mol. The zero-order valence-corrected chi connectivity index (χ0v) is 22.5. The smallest absolute Gasteiger partial charge is 0.272 e. The van der Waals surface area contributed by atoms with Crippen molar-refractivity contribution in [2.45, 2.75) is 44.5 Å². The normalized spacial score (nSPS) is 19.1. The van der Waals surface area contributed by atoms with E-state index < -0.39 is 41.6 Å². The molecule has 5 rings (SSSR count). The minimum absolute atomic E-state index is 0.131. The maximum Gasteiger partial charge on any atom is 0.272 e. The fourth-order valence-corrected chi connectivity index (χ4v) is 5.05. The van der Waals surface area contributed by atoms with E-state index >= 15 is 0 Å². The minimum atomic E-state index is -1.27. The second-order valence-corrected chi connectivity index (χ2v) is 10.1. The van der Waals surface area contributed by atoms with E-state index in [1.165, 1.54) is 6.92 Å². The number of amides is 3. The first-order valence-electron chi connectivity index (χ1n) is 13.5. The number of carbonyl (C=O) groups is 3. The summed E-state index contributed by atoms with van der Waals surface area (Å²) in [6, 6.07) is 18.6. The number of anilines is 1. The van der Waals surface area contributed by atoms with Gasteiger partial charge in [-0.1, -0.05) is 48.5 Å². The van der Waals surface area contributed by atoms with Crippen LogP contribution in [0.1, 0.15) is 36.5 Å². The summed E-state index contributed by atoms with van der Waals surface area (Å²) >= 11 is 0. The van der Waals surface area contributed by atoms with Crippen molar-refractivity contribution >= 4 is 29.1 Å². The Morgan fingerprint density at radius 2 is 1.76 bits per heavy atom. The van der Waals surface area contributed by atoms with Gasteiger partial charge < -0.3 is 20.3 Å². The molecule has 0 aliphatic carbocycles. The Kier molecular flexibility index (Phi) is 8.49. The molecule has 2 N–H and O–H groups in total. The van der Waals surface area contributed by atoms with E-state index in [1.807, 2.05) is 54.6 Å². The Bertz CT molecular complexity index is 1450. The number of halogens is 2. The fourth-order valence-electron chi connectivity index (χ4n) is 5.05. The molecule has 212 valence electrons. The van der Waals surface area contributed by atoms with Crippen LogP contribution < -0.4 is 15.5 Å². The summed E-state index contributed by atoms with van der Waals surface area (Å²) in [6.07, 6.45) is -0.0290. The van der Waals surface area contributed by atoms with E-state index in [2.05, 4.69) is 10.6 Å². The molecule has 3 atom stereocenters. The molecule has 0 aromatic heterocycles. The third-order valence-corrected chi connectivity index (χ3v) is 7.00. The van der Waals surface area contributed by atoms with E-state index in [4.69, 9.17) is 9.73 Å². The number of benzodiazepines with no additional fused rings is 1. The summed E-state index contributed by atoms with van der Waals surface area (Å²) in [6.45, 7) is 2.39. The van der Waals surface area contributed by atoms with Gasteiger partial charge in [-0.15, -0.1) is 0 Å². The minimum Gasteiger partial charge on any atom is -0.376 e. The SMILES string of the molecule is C[C@H](NC(=O)Cc1cc(F)cc(F)c1)C(=O)NC1N=C(c2ccccc2)c2ccccc2N(CC2CCCO2)C1=O. The molecule has 8 nitrogen and oxygen atoms in total. The summed E-state index contributed by atoms with van der Waals surface area (Å²) in [5, 5.41) is 5.22. The molecule has 3 aromatic carbocycles. The van der Waals surface area contributed by atoms with E-state index in [0.717, 1.165) is 36.1 Å². The summed E-state index contributed by atoms with van der Waals surface area (Å²) in [4.78, 5) is 46.1. The van der Waals surface area contributed by atoms with Crippen molar-refractivity contribution in [1.82, 2.24) is 10.6 Å². The molecule has 3 aromatic rings. The van der Waals surface area contributed by atoms with Crippen LogP contribution in [0.4, 0.5) is 14.5 Å². The summed E-state index contributed by atoms with van der Waals surface area (Å²) in [7, 11) is 0. The zero-order chi connectivity index (χ0) is 28.9. The molecule has 1 saturated heterocycles. The molecule has 10 heteroatoms. The Balaban J connectivity index is 1.39. The monoisotopic (exact) mass is 560 g/mol. The molecular weight excluding hydrogens is 530 g/mol. The van der Waals surface area contributed by atoms with Crippen LogP contribution in [-0.4, -0.2) is 54.9 Å². The highest BCUT2D eigenvalue weighted by Crippen LogP contribution is 2.29. The highest BCUT2D eigenvalue weighted by atomic mass is 19.1. The van der Waals surface area contributed by atoms with Gasteiger partial charge >= 0.3 is 0 Å². The number of fused-ring (bicyclic) bond motifs is 1. The van der Waals surface area contributed by atoms with Crippen molar-refractivity contribution in [3.63, 3.8) is 0 Å². The number of aliphatic imine (C=N–C) groups is 1. The van der Waals surface area contributed by atoms with Crippen LogP contribution in [0.15, 0.2) is 77.8 Å². The first-order chi connectivity index (χ1) is 19.8. The molecule has 0 saturated carbocycles. The van der Waals surface area contributed by atoms with Crippen molar-refractivity contribution < 1.29 is 27.9 Å². The predicted molar refractivity (Wildman–Crippen MR) is 149 cm³/mol. The first kappa shape index (κ1) is 28.1. The van der Waals surface area contributed by atoms with Crippen molar-refractivity contribution in [2.75, 3.05) is 18.1 Å². The van der Waals surface area contributed by atoms with Gasteiger partial charge in [-0.3, -0.25) is 14.4 Å². The van der Waals surface area contributed by atoms with Crippen molar-refractivity contribution in [3.8, 4) is 0 Å². The summed E-state index contributed by atoms with van der Waals surface area (Å²) < 4.78 is 32.9. The Labute approximate surface area is 236 Å². The van der Waals surface area contributed by atoms with Crippen LogP contribution in [0.25, 0.3) is 0 Å². The van der Waals surface area contributed by atoms with Crippen LogP contribution in [0.3, 0.4) is 0 Å². The van der Waals surface area contributed by atoms with Crippen molar-refractivity contribution in [2.24, 2.45) is 4.99 Å². The molecule has 1 fully saturated rings. The molecule has 0 radical (unpaired) electrons. The van der Waals surface area contributed by atoms with E-state index in [1.54, 1.807) is 4.90 Å². The molecule has 2 aliphatic heterocycles. The number of benzene rings is 3. The lowest BCUT2D eigenvalue weighted by molar-refractivity contribution is -0.130. The number of rotatable bonds is 8. The fraction of sp³-hybridized carbons (Fsp3) is 0.290. The Morgan fingerprint density at radius 3 is 2.46 bits per heavy atom. The van der Waals surface area contributed by atoms with Gasteiger partial charge in [0.05, 0.1) is 30.5 Å². The molecule has 2 heterocycles. The highest BCUT2D eigenvalue weighted by molar-refractivity contribution is 6.20. The number of ether oxygens (including phenoxy) is 1. The number of para-hydroxylation sites is 1. The van der Waals surface area contributed by atoms with Crippen molar-refractivity contribution in [3.05, 3.63) is 101 Å². The summed E-state index contributed by atoms with van der Waals surface area (Å²) in [5.41, 5.74) is 2.85. The van der Waals surface area contributed by atoms with Gasteiger partial charge in [0.15, 0.2) is 0 Å². The van der Waals surface area contributed by atoms with Gasteiger partial charge in [0.1, 0.15) is 17.7 Å². The quantitative estimate of drug-likeness (QED) is 0.441. The van der Waals surface area contributed by atoms with Crippen LogP contribution in [-0.2, 0) is 25.5 Å². The second-order valence-electron chi connectivity index (χ2n) is 10.1. The van der Waals surface area contributed by atoms with Crippen molar-refractivity contribution in [1.29, 1.82) is 0 Å². The predicted octanol–water partition coefficient (Wildman–Crippen LogP) is 3.52. The number of carbonyl (C=O) groups excluding carboxylic acids is 3. The van der Waals surface area contributed by atoms with Gasteiger partial charge in [-0.2, -0.15) is 0 Å². The van der Waals surface area contributed by atoms with Crippen LogP contribution in [0.2, 0.25) is 0 Å². The number of hydrogen-bond donors (Lipinski definition) is 2. The molecule has 0 spiro atoms. The zero-order valence-electron chi connectivity index (χ0n) is 22.5. The van der Waals surface area contributed by atoms with Gasteiger partial charge in [-0.05, 0) is 43.5 Å². The Morgan fingerprint density at radius 1 is 1.05 bits per heavy atom. The van der Waals surface area contributed by atoms with Crippen LogP contribution in [0, 0.1) is 11.6 Å². The summed E-state index contributed by atoms with van der Waals surface area (Å²) in [5.74, 6) is -3.27. The molecule has 2 aliphatic rings. The highest BCUT2D eigenvalue weighted by Gasteiger charge is 2.35. The number of hydrogen-bond acceptors (Lipinski definition) is 5.